The van der Waals surface area contributed by atoms with Crippen molar-refractivity contribution in [1.29, 1.82) is 0 Å². The van der Waals surface area contributed by atoms with Gasteiger partial charge in [-0.3, -0.25) is 0 Å². The highest BCUT2D eigenvalue weighted by atomic mass is 19.3. The largest absolute Gasteiger partial charge is 0.390 e. The van der Waals surface area contributed by atoms with E-state index in [1.54, 1.807) is 0 Å². The van der Waals surface area contributed by atoms with Gasteiger partial charge in [0.2, 0.25) is 0 Å². The van der Waals surface area contributed by atoms with Crippen molar-refractivity contribution < 1.29 is 13.9 Å². The van der Waals surface area contributed by atoms with Gasteiger partial charge in [0.1, 0.15) is 6.61 Å². The Morgan fingerprint density at radius 1 is 1.31 bits per heavy atom. The van der Waals surface area contributed by atoms with Crippen molar-refractivity contribution in [3.05, 3.63) is 21.0 Å². The molecule has 8 heteroatoms. The van der Waals surface area contributed by atoms with E-state index in [2.05, 4.69) is 0 Å². The summed E-state index contributed by atoms with van der Waals surface area (Å²) in [5, 5.41) is 11.9. The minimum absolute atomic E-state index is 0.274. The summed E-state index contributed by atoms with van der Waals surface area (Å²) in [7, 11) is 0. The maximum Gasteiger partial charge on any atom is 0.344 e. The number of hydrogen-bond acceptors (Lipinski definition) is 3. The number of rotatable bonds is 3. The van der Waals surface area contributed by atoms with Crippen LogP contribution in [0.3, 0.4) is 0 Å². The average molecular weight is 195 g/mol. The summed E-state index contributed by atoms with van der Waals surface area (Å²) in [6, 6.07) is 0. The number of aromatic amines is 2. The lowest BCUT2D eigenvalue weighted by Crippen LogP contribution is -2.37. The molecule has 0 atom stereocenters. The smallest absolute Gasteiger partial charge is 0.344 e. The van der Waals surface area contributed by atoms with Crippen molar-refractivity contribution in [3.8, 4) is 0 Å². The van der Waals surface area contributed by atoms with Gasteiger partial charge < -0.3 is 5.11 Å². The van der Waals surface area contributed by atoms with Gasteiger partial charge in [-0.15, -0.1) is 0 Å². The van der Waals surface area contributed by atoms with E-state index < -0.39 is 30.5 Å². The molecule has 0 aliphatic carbocycles. The predicted molar refractivity (Wildman–Crippen MR) is 37.7 cm³/mol. The normalized spacial score (nSPS) is 11.9. The zero-order valence-electron chi connectivity index (χ0n) is 6.38. The number of aromatic nitrogens is 3. The number of alkyl halides is 2. The second kappa shape index (κ2) is 3.13. The lowest BCUT2D eigenvalue weighted by Gasteiger charge is -2.11. The molecule has 0 aliphatic rings. The van der Waals surface area contributed by atoms with E-state index in [0.717, 1.165) is 0 Å². The zero-order chi connectivity index (χ0) is 10.1. The van der Waals surface area contributed by atoms with Crippen LogP contribution in [0.1, 0.15) is 0 Å². The van der Waals surface area contributed by atoms with E-state index >= 15 is 0 Å². The Morgan fingerprint density at radius 3 is 2.15 bits per heavy atom. The Hall–Kier alpha value is -1.44. The van der Waals surface area contributed by atoms with Crippen LogP contribution in [0.25, 0.3) is 0 Å². The molecular weight excluding hydrogens is 188 g/mol. The zero-order valence-corrected chi connectivity index (χ0v) is 6.38. The SMILES string of the molecule is O=c1[nH][nH]c(=O)n1CC(F)(F)CO. The second-order valence-corrected chi connectivity index (χ2v) is 2.46. The molecule has 1 aromatic rings. The summed E-state index contributed by atoms with van der Waals surface area (Å²) in [6.45, 7) is -2.55. The molecule has 0 radical (unpaired) electrons. The highest BCUT2D eigenvalue weighted by molar-refractivity contribution is 4.72. The fourth-order valence-corrected chi connectivity index (χ4v) is 0.759. The summed E-state index contributed by atoms with van der Waals surface area (Å²) in [6.07, 6.45) is 0. The number of aliphatic hydroxyl groups is 1. The average Bonchev–Trinajstić information content (AvgIpc) is 2.36. The fourth-order valence-electron chi connectivity index (χ4n) is 0.759. The van der Waals surface area contributed by atoms with Crippen LogP contribution in [0.2, 0.25) is 0 Å². The first-order valence-corrected chi connectivity index (χ1v) is 3.32. The van der Waals surface area contributed by atoms with Gasteiger partial charge in [-0.05, 0) is 0 Å². The van der Waals surface area contributed by atoms with Gasteiger partial charge in [-0.1, -0.05) is 0 Å². The fraction of sp³-hybridized carbons (Fsp3) is 0.600. The molecule has 0 bridgehead atoms. The lowest BCUT2D eigenvalue weighted by atomic mass is 10.3. The van der Waals surface area contributed by atoms with Crippen molar-refractivity contribution in [1.82, 2.24) is 14.8 Å². The maximum absolute atomic E-state index is 12.5. The molecule has 1 rings (SSSR count). The summed E-state index contributed by atoms with van der Waals surface area (Å²) in [5.41, 5.74) is -1.92. The van der Waals surface area contributed by atoms with Crippen LogP contribution in [0, 0.1) is 0 Å². The van der Waals surface area contributed by atoms with Gasteiger partial charge >= 0.3 is 11.4 Å². The van der Waals surface area contributed by atoms with Crippen molar-refractivity contribution in [2.24, 2.45) is 0 Å². The van der Waals surface area contributed by atoms with Gasteiger partial charge in [0, 0.05) is 0 Å². The molecule has 13 heavy (non-hydrogen) atoms. The molecule has 0 unspecified atom stereocenters. The minimum Gasteiger partial charge on any atom is -0.390 e. The number of nitrogens with zero attached hydrogens (tertiary/aromatic N) is 1. The van der Waals surface area contributed by atoms with Crippen LogP contribution < -0.4 is 11.4 Å². The predicted octanol–water partition coefficient (Wildman–Crippen LogP) is -1.51. The first kappa shape index (κ1) is 9.65. The van der Waals surface area contributed by atoms with Crippen LogP contribution >= 0.6 is 0 Å². The van der Waals surface area contributed by atoms with Crippen LogP contribution in [0.5, 0.6) is 0 Å². The molecule has 0 fully saturated rings. The van der Waals surface area contributed by atoms with E-state index in [0.29, 0.717) is 0 Å². The molecule has 74 valence electrons. The molecule has 0 saturated carbocycles. The molecule has 3 N–H and O–H groups in total. The Morgan fingerprint density at radius 2 is 1.77 bits per heavy atom. The van der Waals surface area contributed by atoms with Crippen molar-refractivity contribution in [2.75, 3.05) is 6.61 Å². The monoisotopic (exact) mass is 195 g/mol. The maximum atomic E-state index is 12.5. The molecule has 0 saturated heterocycles. The molecule has 6 nitrogen and oxygen atoms in total. The third-order valence-electron chi connectivity index (χ3n) is 1.39. The second-order valence-electron chi connectivity index (χ2n) is 2.46. The van der Waals surface area contributed by atoms with Crippen LogP contribution in [0.15, 0.2) is 9.59 Å². The summed E-state index contributed by atoms with van der Waals surface area (Å²) in [4.78, 5) is 21.4. The highest BCUT2D eigenvalue weighted by Crippen LogP contribution is 2.12. The molecular formula is C5H7F2N3O3. The quantitative estimate of drug-likeness (QED) is 0.547. The minimum atomic E-state index is -3.47. The lowest BCUT2D eigenvalue weighted by molar-refractivity contribution is -0.0641. The van der Waals surface area contributed by atoms with E-state index in [1.165, 1.54) is 0 Å². The number of aliphatic hydroxyl groups excluding tert-OH is 1. The number of H-pyrrole nitrogens is 2. The molecule has 0 aromatic carbocycles. The van der Waals surface area contributed by atoms with Gasteiger partial charge in [-0.25, -0.2) is 33.1 Å². The van der Waals surface area contributed by atoms with Crippen molar-refractivity contribution >= 4 is 0 Å². The first-order chi connectivity index (χ1) is 5.96. The Labute approximate surface area is 69.8 Å². The number of nitrogens with one attached hydrogen (secondary N) is 2. The van der Waals surface area contributed by atoms with E-state index in [4.69, 9.17) is 5.11 Å². The van der Waals surface area contributed by atoms with Crippen molar-refractivity contribution in [2.45, 2.75) is 12.5 Å². The van der Waals surface area contributed by atoms with E-state index in [1.807, 2.05) is 10.2 Å². The van der Waals surface area contributed by atoms with Crippen LogP contribution in [-0.4, -0.2) is 32.4 Å². The standard InChI is InChI=1S/C5H7F2N3O3/c6-5(7,2-11)1-10-3(12)8-9-4(10)13/h11H,1-2H2,(H,8,12)(H,9,13). The third kappa shape index (κ3) is 2.02. The van der Waals surface area contributed by atoms with E-state index in [9.17, 15) is 18.4 Å². The molecule has 0 aliphatic heterocycles. The van der Waals surface area contributed by atoms with Crippen molar-refractivity contribution in [3.63, 3.8) is 0 Å². The molecule has 1 aromatic heterocycles. The summed E-state index contributed by atoms with van der Waals surface area (Å²) >= 11 is 0. The third-order valence-corrected chi connectivity index (χ3v) is 1.39. The van der Waals surface area contributed by atoms with Crippen LogP contribution in [-0.2, 0) is 6.54 Å². The van der Waals surface area contributed by atoms with Crippen LogP contribution in [0.4, 0.5) is 8.78 Å². The van der Waals surface area contributed by atoms with Gasteiger partial charge in [0.25, 0.3) is 5.92 Å². The Balaban J connectivity index is 2.99. The highest BCUT2D eigenvalue weighted by Gasteiger charge is 2.30. The molecule has 0 spiro atoms. The Bertz CT molecular complexity index is 363. The molecule has 1 heterocycles. The summed E-state index contributed by atoms with van der Waals surface area (Å²) < 4.78 is 25.3. The van der Waals surface area contributed by atoms with Gasteiger partial charge in [0.15, 0.2) is 0 Å². The molecule has 0 amide bonds. The van der Waals surface area contributed by atoms with Gasteiger partial charge in [0.05, 0.1) is 6.54 Å². The van der Waals surface area contributed by atoms with E-state index in [-0.39, 0.29) is 4.57 Å². The summed E-state index contributed by atoms with van der Waals surface area (Å²) in [5.74, 6) is -3.47. The number of hydrogen-bond donors (Lipinski definition) is 3. The van der Waals surface area contributed by atoms with Gasteiger partial charge in [-0.2, -0.15) is 0 Å². The number of halogens is 2. The topological polar surface area (TPSA) is 90.9 Å². The Kier molecular flexibility index (Phi) is 2.32. The first-order valence-electron chi connectivity index (χ1n) is 3.32.